The van der Waals surface area contributed by atoms with E-state index in [1.807, 2.05) is 20.9 Å². The van der Waals surface area contributed by atoms with Gasteiger partial charge in [-0.15, -0.1) is 0 Å². The van der Waals surface area contributed by atoms with Crippen molar-refractivity contribution in [2.75, 3.05) is 7.05 Å². The molecule has 1 heterocycles. The zero-order chi connectivity index (χ0) is 7.78. The Morgan fingerprint density at radius 3 is 2.60 bits per heavy atom. The Hall–Kier alpha value is -0.860. The van der Waals surface area contributed by atoms with Crippen molar-refractivity contribution in [1.29, 1.82) is 0 Å². The third kappa shape index (κ3) is 0.916. The van der Waals surface area contributed by atoms with E-state index in [1.165, 1.54) is 0 Å². The molecule has 0 N–H and O–H groups in total. The van der Waals surface area contributed by atoms with Gasteiger partial charge in [0.05, 0.1) is 0 Å². The molecule has 3 heteroatoms. The van der Waals surface area contributed by atoms with Gasteiger partial charge in [-0.25, -0.2) is 0 Å². The highest BCUT2D eigenvalue weighted by molar-refractivity contribution is 5.89. The van der Waals surface area contributed by atoms with Crippen LogP contribution in [-0.2, 0) is 4.79 Å². The fourth-order valence-corrected chi connectivity index (χ4v) is 1.16. The second kappa shape index (κ2) is 2.08. The van der Waals surface area contributed by atoms with Crippen LogP contribution in [0.3, 0.4) is 0 Å². The molecule has 1 atom stereocenters. The molecule has 1 unspecified atom stereocenters. The van der Waals surface area contributed by atoms with Gasteiger partial charge in [-0.05, 0) is 13.8 Å². The highest BCUT2D eigenvalue weighted by Gasteiger charge is 2.33. The van der Waals surface area contributed by atoms with Gasteiger partial charge in [-0.3, -0.25) is 5.01 Å². The fraction of sp³-hybridized carbons (Fsp3) is 0.714. The van der Waals surface area contributed by atoms with E-state index in [4.69, 9.17) is 0 Å². The summed E-state index contributed by atoms with van der Waals surface area (Å²) in [4.78, 5) is 10.6. The number of hydrogen-bond acceptors (Lipinski definition) is 3. The Kier molecular flexibility index (Phi) is 1.50. The molecule has 3 nitrogen and oxygen atoms in total. The predicted molar refractivity (Wildman–Crippen MR) is 40.0 cm³/mol. The molecule has 0 spiro atoms. The fourth-order valence-electron chi connectivity index (χ4n) is 1.16. The van der Waals surface area contributed by atoms with Gasteiger partial charge >= 0.3 is 0 Å². The molecule has 0 amide bonds. The third-order valence-corrected chi connectivity index (χ3v) is 1.93. The first kappa shape index (κ1) is 7.25. The van der Waals surface area contributed by atoms with Crippen molar-refractivity contribution in [3.63, 3.8) is 0 Å². The summed E-state index contributed by atoms with van der Waals surface area (Å²) in [6.07, 6.45) is 1.71. The van der Waals surface area contributed by atoms with Crippen molar-refractivity contribution in [3.8, 4) is 0 Å². The topological polar surface area (TPSA) is 32.7 Å². The van der Waals surface area contributed by atoms with Crippen molar-refractivity contribution in [2.24, 2.45) is 5.10 Å². The van der Waals surface area contributed by atoms with Gasteiger partial charge in [-0.1, -0.05) is 0 Å². The summed E-state index contributed by atoms with van der Waals surface area (Å²) in [6, 6.07) is 0. The maximum Gasteiger partial charge on any atom is 0.147 e. The molecule has 1 aliphatic rings. The van der Waals surface area contributed by atoms with Crippen molar-refractivity contribution in [2.45, 2.75) is 25.8 Å². The van der Waals surface area contributed by atoms with Crippen LogP contribution in [0, 0.1) is 0 Å². The molecule has 0 bridgehead atoms. The Morgan fingerprint density at radius 2 is 2.40 bits per heavy atom. The minimum Gasteiger partial charge on any atom is -0.301 e. The summed E-state index contributed by atoms with van der Waals surface area (Å²) >= 11 is 0. The molecule has 0 saturated carbocycles. The monoisotopic (exact) mass is 140 g/mol. The average molecular weight is 140 g/mol. The largest absolute Gasteiger partial charge is 0.301 e. The molecule has 0 aliphatic carbocycles. The van der Waals surface area contributed by atoms with Crippen LogP contribution in [0.2, 0.25) is 0 Å². The Morgan fingerprint density at radius 1 is 1.80 bits per heavy atom. The van der Waals surface area contributed by atoms with E-state index in [1.54, 1.807) is 5.01 Å². The van der Waals surface area contributed by atoms with Gasteiger partial charge in [0.2, 0.25) is 0 Å². The van der Waals surface area contributed by atoms with E-state index in [9.17, 15) is 4.79 Å². The summed E-state index contributed by atoms with van der Waals surface area (Å²) in [5.74, 6) is 0. The number of hydrogen-bond donors (Lipinski definition) is 0. The van der Waals surface area contributed by atoms with E-state index in [0.717, 1.165) is 18.4 Å². The lowest BCUT2D eigenvalue weighted by Crippen LogP contribution is -2.38. The van der Waals surface area contributed by atoms with E-state index in [2.05, 4.69) is 5.10 Å². The van der Waals surface area contributed by atoms with Gasteiger partial charge < -0.3 is 4.79 Å². The van der Waals surface area contributed by atoms with Crippen LogP contribution in [0.4, 0.5) is 0 Å². The number of carbonyl (C=O) groups excluding carboxylic acids is 1. The average Bonchev–Trinajstić information content (AvgIpc) is 2.09. The molecule has 10 heavy (non-hydrogen) atoms. The lowest BCUT2D eigenvalue weighted by atomic mass is 9.99. The summed E-state index contributed by atoms with van der Waals surface area (Å²) < 4.78 is 0. The van der Waals surface area contributed by atoms with Crippen LogP contribution >= 0.6 is 0 Å². The molecule has 0 saturated heterocycles. The van der Waals surface area contributed by atoms with E-state index >= 15 is 0 Å². The molecular formula is C7H12N2O. The molecule has 0 aromatic rings. The van der Waals surface area contributed by atoms with Gasteiger partial charge in [0.15, 0.2) is 0 Å². The normalized spacial score (nSPS) is 32.3. The number of nitrogens with zero attached hydrogens (tertiary/aromatic N) is 2. The van der Waals surface area contributed by atoms with Crippen molar-refractivity contribution < 1.29 is 4.79 Å². The zero-order valence-electron chi connectivity index (χ0n) is 6.59. The summed E-state index contributed by atoms with van der Waals surface area (Å²) in [7, 11) is 1.82. The van der Waals surface area contributed by atoms with E-state index < -0.39 is 0 Å². The van der Waals surface area contributed by atoms with Crippen LogP contribution in [0.25, 0.3) is 0 Å². The van der Waals surface area contributed by atoms with E-state index in [-0.39, 0.29) is 5.54 Å². The van der Waals surface area contributed by atoms with Crippen LogP contribution in [0.1, 0.15) is 20.3 Å². The first-order valence-corrected chi connectivity index (χ1v) is 3.33. The quantitative estimate of drug-likeness (QED) is 0.501. The van der Waals surface area contributed by atoms with Gasteiger partial charge in [0.1, 0.15) is 11.8 Å². The number of aldehydes is 1. The Labute approximate surface area is 60.7 Å². The van der Waals surface area contributed by atoms with Gasteiger partial charge in [0.25, 0.3) is 0 Å². The number of rotatable bonds is 1. The molecule has 0 fully saturated rings. The van der Waals surface area contributed by atoms with Crippen molar-refractivity contribution in [3.05, 3.63) is 0 Å². The van der Waals surface area contributed by atoms with E-state index in [0.29, 0.717) is 0 Å². The molecule has 56 valence electrons. The first-order valence-electron chi connectivity index (χ1n) is 3.33. The smallest absolute Gasteiger partial charge is 0.147 e. The first-order chi connectivity index (χ1) is 4.58. The maximum atomic E-state index is 10.6. The van der Waals surface area contributed by atoms with Gasteiger partial charge in [0, 0.05) is 19.2 Å². The highest BCUT2D eigenvalue weighted by Crippen LogP contribution is 2.22. The van der Waals surface area contributed by atoms with Crippen LogP contribution in [0.15, 0.2) is 5.10 Å². The zero-order valence-corrected chi connectivity index (χ0v) is 6.59. The molecule has 0 radical (unpaired) electrons. The molecular weight excluding hydrogens is 128 g/mol. The van der Waals surface area contributed by atoms with Crippen LogP contribution in [-0.4, -0.2) is 29.6 Å². The minimum absolute atomic E-state index is 0.385. The number of carbonyl (C=O) groups is 1. The maximum absolute atomic E-state index is 10.6. The predicted octanol–water partition coefficient (Wildman–Crippen LogP) is 0.655. The summed E-state index contributed by atoms with van der Waals surface area (Å²) in [5, 5.41) is 5.85. The summed E-state index contributed by atoms with van der Waals surface area (Å²) in [6.45, 7) is 3.82. The lowest BCUT2D eigenvalue weighted by molar-refractivity contribution is -0.116. The van der Waals surface area contributed by atoms with Crippen molar-refractivity contribution >= 4 is 12.0 Å². The Balaban J connectivity index is 2.80. The van der Waals surface area contributed by atoms with Crippen LogP contribution in [0.5, 0.6) is 0 Å². The molecule has 0 aromatic carbocycles. The lowest BCUT2D eigenvalue weighted by Gasteiger charge is -2.24. The number of hydrazone groups is 1. The Bertz CT molecular complexity index is 188. The second-order valence-electron chi connectivity index (χ2n) is 3.01. The molecule has 1 aliphatic heterocycles. The minimum atomic E-state index is -0.385. The molecule has 1 rings (SSSR count). The standard InChI is InChI=1S/C7H12N2O/c1-6-4-7(2,5-10)9(3)8-6/h5H,4H2,1-3H3. The summed E-state index contributed by atoms with van der Waals surface area (Å²) in [5.41, 5.74) is 0.640. The number of likely N-dealkylation sites (N-methyl/N-ethyl adjacent to an activating group) is 1. The SMILES string of the molecule is CC1=NN(C)C(C)(C=O)C1. The van der Waals surface area contributed by atoms with Crippen LogP contribution < -0.4 is 0 Å². The highest BCUT2D eigenvalue weighted by atomic mass is 16.1. The second-order valence-corrected chi connectivity index (χ2v) is 3.01. The van der Waals surface area contributed by atoms with Crippen molar-refractivity contribution in [1.82, 2.24) is 5.01 Å². The third-order valence-electron chi connectivity index (χ3n) is 1.93. The molecule has 0 aromatic heterocycles. The van der Waals surface area contributed by atoms with Gasteiger partial charge in [-0.2, -0.15) is 5.10 Å².